The summed E-state index contributed by atoms with van der Waals surface area (Å²) in [5.74, 6) is 0.829. The quantitative estimate of drug-likeness (QED) is 0.188. The Morgan fingerprint density at radius 1 is 0.519 bits per heavy atom. The highest BCUT2D eigenvalue weighted by Gasteiger charge is 2.20. The maximum absolute atomic E-state index is 5.01. The van der Waals surface area contributed by atoms with E-state index in [1.807, 2.05) is 55.0 Å². The van der Waals surface area contributed by atoms with Gasteiger partial charge in [-0.25, -0.2) is 15.0 Å². The van der Waals surface area contributed by atoms with E-state index >= 15 is 0 Å². The van der Waals surface area contributed by atoms with E-state index in [1.165, 1.54) is 27.4 Å². The standard InChI is InChI=1S/C46H30N6/c1-2-9-29(10-3-1)32-20-22-47-45(26-32)52-44-27-34(17-19-35(44)37-13-8-21-48-46(37)52)51-42-25-33(41-28-49-39-14-6-7-15-40(39)50-41)16-18-36(42)38-23-30-11-4-5-12-31(30)24-43(38)51/h1-3,5-10,12-28H,4,11H2. The van der Waals surface area contributed by atoms with Crippen LogP contribution in [0.25, 0.3) is 94.7 Å². The lowest BCUT2D eigenvalue weighted by molar-refractivity contribution is 0.988. The summed E-state index contributed by atoms with van der Waals surface area (Å²) in [6, 6.07) is 45.1. The number of aromatic nitrogens is 6. The lowest BCUT2D eigenvalue weighted by Crippen LogP contribution is -2.00. The van der Waals surface area contributed by atoms with Gasteiger partial charge in [0.15, 0.2) is 0 Å². The minimum Gasteiger partial charge on any atom is -0.309 e. The first kappa shape index (κ1) is 28.9. The van der Waals surface area contributed by atoms with Crippen LogP contribution in [0.1, 0.15) is 17.5 Å². The predicted molar refractivity (Wildman–Crippen MR) is 212 cm³/mol. The maximum atomic E-state index is 5.01. The Morgan fingerprint density at radius 2 is 1.35 bits per heavy atom. The lowest BCUT2D eigenvalue weighted by atomic mass is 9.95. The zero-order chi connectivity index (χ0) is 34.2. The van der Waals surface area contributed by atoms with Gasteiger partial charge in [-0.1, -0.05) is 72.8 Å². The molecule has 0 radical (unpaired) electrons. The summed E-state index contributed by atoms with van der Waals surface area (Å²) in [4.78, 5) is 19.6. The number of fused-ring (bicyclic) bond motifs is 8. The first-order valence-electron chi connectivity index (χ1n) is 17.7. The highest BCUT2D eigenvalue weighted by atomic mass is 15.1. The summed E-state index contributed by atoms with van der Waals surface area (Å²) >= 11 is 0. The van der Waals surface area contributed by atoms with Gasteiger partial charge in [0, 0.05) is 45.2 Å². The van der Waals surface area contributed by atoms with Crippen LogP contribution in [-0.4, -0.2) is 29.1 Å². The first-order chi connectivity index (χ1) is 25.8. The monoisotopic (exact) mass is 666 g/mol. The number of rotatable bonds is 4. The number of para-hydroxylation sites is 2. The largest absolute Gasteiger partial charge is 0.309 e. The van der Waals surface area contributed by atoms with Crippen molar-refractivity contribution in [3.05, 3.63) is 163 Å². The Hall–Kier alpha value is -6.92. The molecule has 0 N–H and O–H groups in total. The zero-order valence-electron chi connectivity index (χ0n) is 28.1. The Labute approximate surface area is 299 Å². The molecule has 11 rings (SSSR count). The molecule has 5 aromatic carbocycles. The summed E-state index contributed by atoms with van der Waals surface area (Å²) < 4.78 is 4.61. The van der Waals surface area contributed by atoms with Gasteiger partial charge in [0.25, 0.3) is 0 Å². The molecule has 0 atom stereocenters. The van der Waals surface area contributed by atoms with Gasteiger partial charge in [0.05, 0.1) is 39.5 Å². The van der Waals surface area contributed by atoms with E-state index in [0.717, 1.165) is 85.2 Å². The second kappa shape index (κ2) is 11.3. The van der Waals surface area contributed by atoms with E-state index in [0.29, 0.717) is 0 Å². The highest BCUT2D eigenvalue weighted by Crippen LogP contribution is 2.39. The third kappa shape index (κ3) is 4.44. The third-order valence-corrected chi connectivity index (χ3v) is 10.5. The molecule has 0 fully saturated rings. The molecule has 5 heterocycles. The molecule has 6 heteroatoms. The molecule has 52 heavy (non-hydrogen) atoms. The second-order valence-corrected chi connectivity index (χ2v) is 13.5. The Bertz CT molecular complexity index is 3080. The highest BCUT2D eigenvalue weighted by molar-refractivity contribution is 6.12. The van der Waals surface area contributed by atoms with Gasteiger partial charge in [-0.15, -0.1) is 0 Å². The predicted octanol–water partition coefficient (Wildman–Crippen LogP) is 10.9. The molecule has 0 unspecified atom stereocenters. The smallest absolute Gasteiger partial charge is 0.146 e. The van der Waals surface area contributed by atoms with Gasteiger partial charge >= 0.3 is 0 Å². The Morgan fingerprint density at radius 3 is 2.29 bits per heavy atom. The number of allylic oxidation sites excluding steroid dienone is 1. The number of aryl methyl sites for hydroxylation is 1. The maximum Gasteiger partial charge on any atom is 0.146 e. The van der Waals surface area contributed by atoms with Crippen LogP contribution >= 0.6 is 0 Å². The molecule has 1 aliphatic rings. The molecule has 0 aliphatic heterocycles. The number of benzene rings is 5. The van der Waals surface area contributed by atoms with Gasteiger partial charge in [0.2, 0.25) is 0 Å². The molecule has 0 saturated heterocycles. The molecule has 0 amide bonds. The number of hydrogen-bond acceptors (Lipinski definition) is 4. The summed E-state index contributed by atoms with van der Waals surface area (Å²) in [6.45, 7) is 0. The molecule has 0 spiro atoms. The normalized spacial score (nSPS) is 12.8. The third-order valence-electron chi connectivity index (χ3n) is 10.5. The fraction of sp³-hybridized carbons (Fsp3) is 0.0435. The van der Waals surface area contributed by atoms with Gasteiger partial charge in [-0.2, -0.15) is 0 Å². The van der Waals surface area contributed by atoms with Crippen molar-refractivity contribution in [1.82, 2.24) is 29.1 Å². The van der Waals surface area contributed by atoms with Gasteiger partial charge in [-0.05, 0) is 102 Å². The van der Waals surface area contributed by atoms with E-state index in [9.17, 15) is 0 Å². The molecule has 0 saturated carbocycles. The molecule has 10 aromatic rings. The SMILES string of the molecule is C1=Cc2cc3c(cc2CC1)c1ccc(-c2cnc4ccccc4n2)cc1n3-c1ccc2c3cccnc3n(-c3cc(-c4ccccc4)ccn3)c2c1. The fourth-order valence-electron chi connectivity index (χ4n) is 8.03. The zero-order valence-corrected chi connectivity index (χ0v) is 28.1. The number of nitrogens with zero attached hydrogens (tertiary/aromatic N) is 6. The average molecular weight is 667 g/mol. The van der Waals surface area contributed by atoms with Gasteiger partial charge in [-0.3, -0.25) is 9.55 Å². The van der Waals surface area contributed by atoms with E-state index < -0.39 is 0 Å². The van der Waals surface area contributed by atoms with Gasteiger partial charge < -0.3 is 4.57 Å². The van der Waals surface area contributed by atoms with E-state index in [-0.39, 0.29) is 0 Å². The van der Waals surface area contributed by atoms with Crippen molar-refractivity contribution in [2.75, 3.05) is 0 Å². The van der Waals surface area contributed by atoms with Crippen molar-refractivity contribution >= 4 is 60.9 Å². The summed E-state index contributed by atoms with van der Waals surface area (Å²) in [6.07, 6.45) is 12.3. The van der Waals surface area contributed by atoms with Gasteiger partial charge in [0.1, 0.15) is 11.5 Å². The fourth-order valence-corrected chi connectivity index (χ4v) is 8.03. The Kier molecular flexibility index (Phi) is 6.28. The molecule has 5 aromatic heterocycles. The van der Waals surface area contributed by atoms with Crippen molar-refractivity contribution in [3.63, 3.8) is 0 Å². The molecular formula is C46H30N6. The minimum absolute atomic E-state index is 0.829. The molecule has 1 aliphatic carbocycles. The van der Waals surface area contributed by atoms with E-state index in [1.54, 1.807) is 0 Å². The van der Waals surface area contributed by atoms with E-state index in [2.05, 4.69) is 112 Å². The van der Waals surface area contributed by atoms with Crippen LogP contribution < -0.4 is 0 Å². The molecule has 0 bridgehead atoms. The molecule has 6 nitrogen and oxygen atoms in total. The second-order valence-electron chi connectivity index (χ2n) is 13.5. The van der Waals surface area contributed by atoms with Crippen LogP contribution in [0.15, 0.2) is 152 Å². The van der Waals surface area contributed by atoms with Crippen LogP contribution in [0.3, 0.4) is 0 Å². The number of pyridine rings is 2. The number of hydrogen-bond donors (Lipinski definition) is 0. The van der Waals surface area contributed by atoms with Crippen molar-refractivity contribution in [1.29, 1.82) is 0 Å². The summed E-state index contributed by atoms with van der Waals surface area (Å²) in [5.41, 5.74) is 13.9. The molecular weight excluding hydrogens is 637 g/mol. The van der Waals surface area contributed by atoms with Crippen LogP contribution in [0.4, 0.5) is 0 Å². The average Bonchev–Trinajstić information content (AvgIpc) is 3.71. The summed E-state index contributed by atoms with van der Waals surface area (Å²) in [5, 5.41) is 4.69. The Balaban J connectivity index is 1.18. The van der Waals surface area contributed by atoms with E-state index in [4.69, 9.17) is 19.9 Å². The van der Waals surface area contributed by atoms with Crippen LogP contribution in [0, 0.1) is 0 Å². The first-order valence-corrected chi connectivity index (χ1v) is 17.7. The van der Waals surface area contributed by atoms with Crippen LogP contribution in [0.5, 0.6) is 0 Å². The minimum atomic E-state index is 0.829. The van der Waals surface area contributed by atoms with Crippen LogP contribution in [0.2, 0.25) is 0 Å². The molecule has 244 valence electrons. The lowest BCUT2D eigenvalue weighted by Gasteiger charge is -2.14. The van der Waals surface area contributed by atoms with Crippen molar-refractivity contribution < 1.29 is 0 Å². The van der Waals surface area contributed by atoms with Crippen molar-refractivity contribution in [2.45, 2.75) is 12.8 Å². The van der Waals surface area contributed by atoms with Crippen molar-refractivity contribution in [3.8, 4) is 33.9 Å². The summed E-state index contributed by atoms with van der Waals surface area (Å²) in [7, 11) is 0. The van der Waals surface area contributed by atoms with Crippen molar-refractivity contribution in [2.24, 2.45) is 0 Å². The van der Waals surface area contributed by atoms with Crippen LogP contribution in [-0.2, 0) is 6.42 Å². The topological polar surface area (TPSA) is 61.4 Å².